The SMILES string of the molecule is Cc1cc(Br)c(NC(=O)COC(=O)CCc2ccc3c(c2)OCO3)c(Br)c1. The van der Waals surface area contributed by atoms with Crippen LogP contribution in [0.4, 0.5) is 5.69 Å². The van der Waals surface area contributed by atoms with Crippen molar-refractivity contribution in [3.05, 3.63) is 50.4 Å². The Labute approximate surface area is 173 Å². The van der Waals surface area contributed by atoms with E-state index in [4.69, 9.17) is 14.2 Å². The van der Waals surface area contributed by atoms with Gasteiger partial charge in [0.15, 0.2) is 18.1 Å². The van der Waals surface area contributed by atoms with Gasteiger partial charge in [0.05, 0.1) is 5.69 Å². The van der Waals surface area contributed by atoms with Gasteiger partial charge in [0.2, 0.25) is 6.79 Å². The first-order chi connectivity index (χ1) is 12.9. The predicted octanol–water partition coefficient (Wildman–Crippen LogP) is 4.36. The average molecular weight is 499 g/mol. The third-order valence-corrected chi connectivity index (χ3v) is 5.12. The summed E-state index contributed by atoms with van der Waals surface area (Å²) in [6, 6.07) is 9.30. The minimum atomic E-state index is -0.440. The molecular formula is C19H17Br2NO5. The molecule has 3 rings (SSSR count). The van der Waals surface area contributed by atoms with Crippen molar-refractivity contribution in [1.82, 2.24) is 0 Å². The third kappa shape index (κ3) is 5.23. The fourth-order valence-electron chi connectivity index (χ4n) is 2.56. The van der Waals surface area contributed by atoms with Crippen LogP contribution in [0.2, 0.25) is 0 Å². The third-order valence-electron chi connectivity index (χ3n) is 3.87. The van der Waals surface area contributed by atoms with Crippen molar-refractivity contribution in [1.29, 1.82) is 0 Å². The van der Waals surface area contributed by atoms with Gasteiger partial charge in [-0.3, -0.25) is 9.59 Å². The summed E-state index contributed by atoms with van der Waals surface area (Å²) in [5, 5.41) is 2.72. The molecule has 0 unspecified atom stereocenters. The Hall–Kier alpha value is -2.06. The van der Waals surface area contributed by atoms with E-state index in [0.29, 0.717) is 23.6 Å². The van der Waals surface area contributed by atoms with Crippen LogP contribution in [-0.2, 0) is 20.7 Å². The van der Waals surface area contributed by atoms with E-state index >= 15 is 0 Å². The van der Waals surface area contributed by atoms with Crippen LogP contribution in [0, 0.1) is 6.92 Å². The lowest BCUT2D eigenvalue weighted by Crippen LogP contribution is -2.21. The molecule has 142 valence electrons. The molecule has 0 spiro atoms. The zero-order chi connectivity index (χ0) is 19.4. The molecule has 0 aliphatic carbocycles. The summed E-state index contributed by atoms with van der Waals surface area (Å²) in [6.45, 7) is 1.82. The van der Waals surface area contributed by atoms with Gasteiger partial charge in [-0.05, 0) is 80.6 Å². The van der Waals surface area contributed by atoms with Gasteiger partial charge in [-0.15, -0.1) is 0 Å². The number of fused-ring (bicyclic) bond motifs is 1. The largest absolute Gasteiger partial charge is 0.456 e. The maximum Gasteiger partial charge on any atom is 0.306 e. The van der Waals surface area contributed by atoms with Crippen molar-refractivity contribution < 1.29 is 23.8 Å². The number of hydrogen-bond donors (Lipinski definition) is 1. The van der Waals surface area contributed by atoms with Crippen molar-refractivity contribution in [3.8, 4) is 11.5 Å². The van der Waals surface area contributed by atoms with Crippen molar-refractivity contribution in [2.24, 2.45) is 0 Å². The van der Waals surface area contributed by atoms with Gasteiger partial charge in [-0.25, -0.2) is 0 Å². The molecule has 0 radical (unpaired) electrons. The molecule has 8 heteroatoms. The van der Waals surface area contributed by atoms with E-state index in [-0.39, 0.29) is 19.8 Å². The lowest BCUT2D eigenvalue weighted by molar-refractivity contribution is -0.147. The van der Waals surface area contributed by atoms with Gasteiger partial charge in [0.25, 0.3) is 5.91 Å². The molecule has 0 saturated heterocycles. The summed E-state index contributed by atoms with van der Waals surface area (Å²) in [5.41, 5.74) is 2.58. The monoisotopic (exact) mass is 497 g/mol. The van der Waals surface area contributed by atoms with Gasteiger partial charge >= 0.3 is 5.97 Å². The first kappa shape index (κ1) is 19.7. The number of rotatable bonds is 6. The van der Waals surface area contributed by atoms with Crippen LogP contribution in [0.25, 0.3) is 0 Å². The van der Waals surface area contributed by atoms with E-state index in [1.165, 1.54) is 0 Å². The number of anilines is 1. The molecule has 6 nitrogen and oxygen atoms in total. The summed E-state index contributed by atoms with van der Waals surface area (Å²) >= 11 is 6.81. The molecule has 1 aliphatic heterocycles. The molecule has 1 N–H and O–H groups in total. The molecule has 1 amide bonds. The van der Waals surface area contributed by atoms with E-state index in [1.54, 1.807) is 0 Å². The summed E-state index contributed by atoms with van der Waals surface area (Å²) in [6.07, 6.45) is 0.664. The fraction of sp³-hybridized carbons (Fsp3) is 0.263. The average Bonchev–Trinajstić information content (AvgIpc) is 3.09. The topological polar surface area (TPSA) is 73.9 Å². The summed E-state index contributed by atoms with van der Waals surface area (Å²) in [4.78, 5) is 24.0. The summed E-state index contributed by atoms with van der Waals surface area (Å²) in [5.74, 6) is 0.530. The Morgan fingerprint density at radius 3 is 2.56 bits per heavy atom. The molecule has 0 fully saturated rings. The zero-order valence-electron chi connectivity index (χ0n) is 14.5. The molecule has 1 aliphatic rings. The number of halogens is 2. The molecule has 0 aromatic heterocycles. The highest BCUT2D eigenvalue weighted by atomic mass is 79.9. The van der Waals surface area contributed by atoms with E-state index in [0.717, 1.165) is 20.1 Å². The molecule has 0 saturated carbocycles. The van der Waals surface area contributed by atoms with Gasteiger partial charge in [-0.2, -0.15) is 0 Å². The standard InChI is InChI=1S/C19H17Br2NO5/c1-11-6-13(20)19(14(21)7-11)22-17(23)9-25-18(24)5-3-12-2-4-15-16(8-12)27-10-26-15/h2,4,6-8H,3,5,9-10H2,1H3,(H,22,23). The summed E-state index contributed by atoms with van der Waals surface area (Å²) in [7, 11) is 0. The Bertz CT molecular complexity index is 861. The van der Waals surface area contributed by atoms with Crippen LogP contribution >= 0.6 is 31.9 Å². The lowest BCUT2D eigenvalue weighted by atomic mass is 10.1. The first-order valence-corrected chi connectivity index (χ1v) is 9.80. The van der Waals surface area contributed by atoms with Crippen LogP contribution < -0.4 is 14.8 Å². The Morgan fingerprint density at radius 2 is 1.81 bits per heavy atom. The highest BCUT2D eigenvalue weighted by Crippen LogP contribution is 2.33. The lowest BCUT2D eigenvalue weighted by Gasteiger charge is -2.11. The van der Waals surface area contributed by atoms with E-state index in [2.05, 4.69) is 37.2 Å². The van der Waals surface area contributed by atoms with Gasteiger partial charge in [-0.1, -0.05) is 6.07 Å². The molecule has 0 bridgehead atoms. The van der Waals surface area contributed by atoms with Crippen LogP contribution in [0.3, 0.4) is 0 Å². The number of esters is 1. The number of benzene rings is 2. The maximum atomic E-state index is 12.0. The van der Waals surface area contributed by atoms with Gasteiger partial charge in [0, 0.05) is 15.4 Å². The highest BCUT2D eigenvalue weighted by Gasteiger charge is 2.15. The molecular weight excluding hydrogens is 482 g/mol. The van der Waals surface area contributed by atoms with Crippen LogP contribution in [-0.4, -0.2) is 25.3 Å². The maximum absolute atomic E-state index is 12.0. The van der Waals surface area contributed by atoms with Gasteiger partial charge in [0.1, 0.15) is 0 Å². The Morgan fingerprint density at radius 1 is 1.11 bits per heavy atom. The van der Waals surface area contributed by atoms with Crippen LogP contribution in [0.1, 0.15) is 17.5 Å². The van der Waals surface area contributed by atoms with E-state index in [1.807, 2.05) is 37.3 Å². The zero-order valence-corrected chi connectivity index (χ0v) is 17.7. The van der Waals surface area contributed by atoms with Crippen LogP contribution in [0.5, 0.6) is 11.5 Å². The second-order valence-corrected chi connectivity index (χ2v) is 7.71. The number of carbonyl (C=O) groups is 2. The summed E-state index contributed by atoms with van der Waals surface area (Å²) < 4.78 is 17.1. The van der Waals surface area contributed by atoms with Crippen molar-refractivity contribution in [2.75, 3.05) is 18.7 Å². The molecule has 0 atom stereocenters. The van der Waals surface area contributed by atoms with Crippen molar-refractivity contribution in [2.45, 2.75) is 19.8 Å². The second kappa shape index (κ2) is 8.75. The molecule has 27 heavy (non-hydrogen) atoms. The predicted molar refractivity (Wildman–Crippen MR) is 107 cm³/mol. The van der Waals surface area contributed by atoms with E-state index < -0.39 is 11.9 Å². The number of aryl methyl sites for hydroxylation is 2. The fourth-order valence-corrected chi connectivity index (χ4v) is 4.17. The number of carbonyl (C=O) groups excluding carboxylic acids is 2. The van der Waals surface area contributed by atoms with Crippen molar-refractivity contribution >= 4 is 49.4 Å². The second-order valence-electron chi connectivity index (χ2n) is 6.00. The van der Waals surface area contributed by atoms with Gasteiger partial charge < -0.3 is 19.5 Å². The van der Waals surface area contributed by atoms with Crippen molar-refractivity contribution in [3.63, 3.8) is 0 Å². The van der Waals surface area contributed by atoms with Crippen LogP contribution in [0.15, 0.2) is 39.3 Å². The number of ether oxygens (including phenoxy) is 3. The molecule has 2 aromatic rings. The molecule has 1 heterocycles. The number of hydrogen-bond acceptors (Lipinski definition) is 5. The Kier molecular flexibility index (Phi) is 6.38. The first-order valence-electron chi connectivity index (χ1n) is 8.22. The minimum absolute atomic E-state index is 0.171. The van der Waals surface area contributed by atoms with E-state index in [9.17, 15) is 9.59 Å². The smallest absolute Gasteiger partial charge is 0.306 e. The quantitative estimate of drug-likeness (QED) is 0.599. The minimum Gasteiger partial charge on any atom is -0.456 e. The molecule has 2 aromatic carbocycles. The highest BCUT2D eigenvalue weighted by molar-refractivity contribution is 9.11. The number of amides is 1. The number of nitrogens with one attached hydrogen (secondary N) is 1. The Balaban J connectivity index is 1.46. The normalized spacial score (nSPS) is 12.0.